The van der Waals surface area contributed by atoms with Crippen LogP contribution in [0.15, 0.2) is 35.8 Å². The Hall–Kier alpha value is -2.64. The smallest absolute Gasteiger partial charge is 0.191 e. The van der Waals surface area contributed by atoms with Gasteiger partial charge in [-0.2, -0.15) is 0 Å². The average molecular weight is 388 g/mol. The van der Waals surface area contributed by atoms with E-state index in [2.05, 4.69) is 30.7 Å². The highest BCUT2D eigenvalue weighted by atomic mass is 19.1. The van der Waals surface area contributed by atoms with Crippen molar-refractivity contribution in [3.63, 3.8) is 0 Å². The highest BCUT2D eigenvalue weighted by Crippen LogP contribution is 2.24. The Morgan fingerprint density at radius 2 is 2.11 bits per heavy atom. The summed E-state index contributed by atoms with van der Waals surface area (Å²) >= 11 is 0. The molecule has 1 unspecified atom stereocenters. The number of halogens is 1. The number of aromatic nitrogens is 3. The highest BCUT2D eigenvalue weighted by molar-refractivity contribution is 5.80. The lowest BCUT2D eigenvalue weighted by Gasteiger charge is -2.36. The number of hydrogen-bond donors (Lipinski definition) is 2. The zero-order valence-corrected chi connectivity index (χ0v) is 16.7. The summed E-state index contributed by atoms with van der Waals surface area (Å²) in [5.41, 5.74) is 2.10. The van der Waals surface area contributed by atoms with Crippen molar-refractivity contribution in [3.8, 4) is 0 Å². The molecule has 28 heavy (non-hydrogen) atoms. The van der Waals surface area contributed by atoms with Crippen molar-refractivity contribution in [2.24, 2.45) is 4.99 Å². The van der Waals surface area contributed by atoms with Gasteiger partial charge in [-0.15, -0.1) is 10.2 Å². The van der Waals surface area contributed by atoms with Gasteiger partial charge in [0, 0.05) is 45.0 Å². The Labute approximate surface area is 166 Å². The first-order valence-electron chi connectivity index (χ1n) is 9.96. The summed E-state index contributed by atoms with van der Waals surface area (Å²) in [6, 6.07) is 5.35. The summed E-state index contributed by atoms with van der Waals surface area (Å²) in [5.74, 6) is 0.661. The van der Waals surface area contributed by atoms with E-state index in [4.69, 9.17) is 0 Å². The molecule has 0 bridgehead atoms. The van der Waals surface area contributed by atoms with Gasteiger partial charge in [0.1, 0.15) is 18.5 Å². The number of nitrogens with one attached hydrogen (secondary N) is 2. The van der Waals surface area contributed by atoms with Crippen LogP contribution in [0.25, 0.3) is 0 Å². The molecule has 2 aromatic rings. The zero-order valence-electron chi connectivity index (χ0n) is 16.7. The molecule has 1 aromatic heterocycles. The van der Waals surface area contributed by atoms with Crippen LogP contribution in [0.4, 0.5) is 10.1 Å². The van der Waals surface area contributed by atoms with E-state index < -0.39 is 0 Å². The fourth-order valence-corrected chi connectivity index (χ4v) is 3.64. The molecule has 0 spiro atoms. The van der Waals surface area contributed by atoms with Crippen LogP contribution < -0.4 is 15.5 Å². The Morgan fingerprint density at radius 1 is 1.29 bits per heavy atom. The fourth-order valence-electron chi connectivity index (χ4n) is 3.64. The van der Waals surface area contributed by atoms with Gasteiger partial charge in [-0.1, -0.05) is 0 Å². The second-order valence-corrected chi connectivity index (χ2v) is 7.27. The number of benzene rings is 1. The normalized spacial score (nSPS) is 17.6. The second-order valence-electron chi connectivity index (χ2n) is 7.27. The van der Waals surface area contributed by atoms with E-state index in [9.17, 15) is 4.39 Å². The molecular formula is C20H30FN7. The molecule has 7 nitrogen and oxygen atoms in total. The van der Waals surface area contributed by atoms with E-state index in [0.29, 0.717) is 6.04 Å². The molecule has 0 amide bonds. The number of rotatable bonds is 7. The van der Waals surface area contributed by atoms with Crippen LogP contribution in [-0.2, 0) is 6.54 Å². The summed E-state index contributed by atoms with van der Waals surface area (Å²) in [6.07, 6.45) is 7.79. The number of nitrogens with zero attached hydrogens (tertiary/aromatic N) is 5. The molecule has 0 radical (unpaired) electrons. The molecule has 1 aromatic carbocycles. The largest absolute Gasteiger partial charge is 0.369 e. The Bertz CT molecular complexity index is 760. The average Bonchev–Trinajstić information content (AvgIpc) is 3.20. The molecule has 1 fully saturated rings. The maximum atomic E-state index is 13.4. The second kappa shape index (κ2) is 10.1. The Balaban J connectivity index is 1.43. The molecule has 3 rings (SSSR count). The van der Waals surface area contributed by atoms with E-state index in [0.717, 1.165) is 69.1 Å². The first-order valence-corrected chi connectivity index (χ1v) is 9.96. The van der Waals surface area contributed by atoms with E-state index in [1.165, 1.54) is 0 Å². The van der Waals surface area contributed by atoms with Crippen molar-refractivity contribution in [1.29, 1.82) is 0 Å². The molecule has 1 atom stereocenters. The molecule has 2 N–H and O–H groups in total. The van der Waals surface area contributed by atoms with Crippen molar-refractivity contribution in [2.45, 2.75) is 45.2 Å². The molecule has 0 saturated carbocycles. The molecule has 1 aliphatic rings. The summed E-state index contributed by atoms with van der Waals surface area (Å²) < 4.78 is 15.4. The molecule has 0 aliphatic carbocycles. The first kappa shape index (κ1) is 20.1. The third-order valence-electron chi connectivity index (χ3n) is 5.09. The van der Waals surface area contributed by atoms with Gasteiger partial charge in [-0.25, -0.2) is 4.39 Å². The minimum Gasteiger partial charge on any atom is -0.369 e. The van der Waals surface area contributed by atoms with Crippen LogP contribution in [0.1, 0.15) is 31.2 Å². The summed E-state index contributed by atoms with van der Waals surface area (Å²) in [7, 11) is 1.80. The van der Waals surface area contributed by atoms with Crippen molar-refractivity contribution in [1.82, 2.24) is 25.4 Å². The van der Waals surface area contributed by atoms with Gasteiger partial charge in [0.15, 0.2) is 5.96 Å². The number of piperidine rings is 1. The van der Waals surface area contributed by atoms with E-state index in [-0.39, 0.29) is 5.82 Å². The molecule has 1 saturated heterocycles. The van der Waals surface area contributed by atoms with Crippen molar-refractivity contribution in [2.75, 3.05) is 31.6 Å². The summed E-state index contributed by atoms with van der Waals surface area (Å²) in [4.78, 5) is 6.69. The zero-order chi connectivity index (χ0) is 19.8. The van der Waals surface area contributed by atoms with Crippen LogP contribution in [0, 0.1) is 12.7 Å². The van der Waals surface area contributed by atoms with Gasteiger partial charge in [-0.05, 0) is 56.4 Å². The standard InChI is InChI=1S/C20H30FN7/c1-16-12-17(21)7-8-19(16)28-11-5-6-18(13-28)26-20(22-2)23-9-3-4-10-27-14-24-25-15-27/h7-8,12,14-15,18H,3-6,9-11,13H2,1-2H3,(H2,22,23,26). The molecular weight excluding hydrogens is 357 g/mol. The summed E-state index contributed by atoms with van der Waals surface area (Å²) in [5, 5.41) is 14.6. The van der Waals surface area contributed by atoms with Gasteiger partial charge in [0.25, 0.3) is 0 Å². The topological polar surface area (TPSA) is 70.4 Å². The fraction of sp³-hybridized carbons (Fsp3) is 0.550. The number of anilines is 1. The molecule has 1 aliphatic heterocycles. The Kier molecular flexibility index (Phi) is 7.22. The van der Waals surface area contributed by atoms with Crippen molar-refractivity contribution in [3.05, 3.63) is 42.2 Å². The van der Waals surface area contributed by atoms with Crippen LogP contribution in [-0.4, -0.2) is 53.4 Å². The minimum absolute atomic E-state index is 0.179. The predicted molar refractivity (Wildman–Crippen MR) is 110 cm³/mol. The SMILES string of the molecule is CN=C(NCCCCn1cnnc1)NC1CCCN(c2ccc(F)cc2C)C1. The van der Waals surface area contributed by atoms with Gasteiger partial charge < -0.3 is 20.1 Å². The van der Waals surface area contributed by atoms with Crippen molar-refractivity contribution >= 4 is 11.6 Å². The van der Waals surface area contributed by atoms with Gasteiger partial charge in [0.05, 0.1) is 0 Å². The molecule has 8 heteroatoms. The number of unbranched alkanes of at least 4 members (excludes halogenated alkanes) is 1. The Morgan fingerprint density at radius 3 is 2.86 bits per heavy atom. The van der Waals surface area contributed by atoms with Crippen LogP contribution in [0.3, 0.4) is 0 Å². The van der Waals surface area contributed by atoms with E-state index >= 15 is 0 Å². The third kappa shape index (κ3) is 5.68. The third-order valence-corrected chi connectivity index (χ3v) is 5.09. The van der Waals surface area contributed by atoms with E-state index in [1.807, 2.05) is 17.6 Å². The highest BCUT2D eigenvalue weighted by Gasteiger charge is 2.22. The number of aliphatic imine (C=N–C) groups is 1. The van der Waals surface area contributed by atoms with Crippen LogP contribution in [0.5, 0.6) is 0 Å². The molecule has 2 heterocycles. The van der Waals surface area contributed by atoms with Crippen LogP contribution >= 0.6 is 0 Å². The maximum absolute atomic E-state index is 13.4. The van der Waals surface area contributed by atoms with Crippen LogP contribution in [0.2, 0.25) is 0 Å². The summed E-state index contributed by atoms with van der Waals surface area (Å²) in [6.45, 7) is 5.65. The first-order chi connectivity index (χ1) is 13.7. The van der Waals surface area contributed by atoms with Crippen molar-refractivity contribution < 1.29 is 4.39 Å². The maximum Gasteiger partial charge on any atom is 0.191 e. The number of hydrogen-bond acceptors (Lipinski definition) is 4. The lowest BCUT2D eigenvalue weighted by molar-refractivity contribution is 0.466. The predicted octanol–water partition coefficient (Wildman–Crippen LogP) is 2.34. The lowest BCUT2D eigenvalue weighted by Crippen LogP contribution is -2.51. The lowest BCUT2D eigenvalue weighted by atomic mass is 10.0. The number of guanidine groups is 1. The minimum atomic E-state index is -0.179. The monoisotopic (exact) mass is 387 g/mol. The molecule has 152 valence electrons. The van der Waals surface area contributed by atoms with E-state index in [1.54, 1.807) is 31.8 Å². The quantitative estimate of drug-likeness (QED) is 0.434. The number of aryl methyl sites for hydroxylation is 2. The van der Waals surface area contributed by atoms with Gasteiger partial charge in [0.2, 0.25) is 0 Å². The van der Waals surface area contributed by atoms with Gasteiger partial charge in [-0.3, -0.25) is 4.99 Å². The van der Waals surface area contributed by atoms with Gasteiger partial charge >= 0.3 is 0 Å².